The molecule has 2 atom stereocenters. The first-order chi connectivity index (χ1) is 9.31. The lowest BCUT2D eigenvalue weighted by molar-refractivity contribution is -0.138. The minimum absolute atomic E-state index is 0.204. The Morgan fingerprint density at radius 1 is 1.42 bits per heavy atom. The predicted molar refractivity (Wildman–Crippen MR) is 75.4 cm³/mol. The molecule has 0 spiro atoms. The number of allylic oxidation sites excluding steroid dienone is 2. The van der Waals surface area contributed by atoms with E-state index in [-0.39, 0.29) is 5.92 Å². The molecule has 104 valence electrons. The second-order valence-electron chi connectivity index (χ2n) is 5.49. The first-order valence-corrected chi connectivity index (χ1v) is 7.26. The van der Waals surface area contributed by atoms with Crippen molar-refractivity contribution in [3.8, 4) is 12.3 Å². The minimum atomic E-state index is 0.204. The standard InChI is InChI=1S/C16H23NO2/c1-2-11-19-13-14-7-6-10-17(12-14)16(18)15-8-4-3-5-9-15/h1,3-4,14-15H,5-13H2. The van der Waals surface area contributed by atoms with Gasteiger partial charge in [-0.1, -0.05) is 18.1 Å². The van der Waals surface area contributed by atoms with E-state index in [0.717, 1.165) is 45.2 Å². The number of carbonyl (C=O) groups excluding carboxylic acids is 1. The lowest BCUT2D eigenvalue weighted by Crippen LogP contribution is -2.44. The summed E-state index contributed by atoms with van der Waals surface area (Å²) in [6.07, 6.45) is 14.7. The summed E-state index contributed by atoms with van der Waals surface area (Å²) < 4.78 is 5.41. The van der Waals surface area contributed by atoms with E-state index in [2.05, 4.69) is 18.1 Å². The summed E-state index contributed by atoms with van der Waals surface area (Å²) in [5, 5.41) is 0. The van der Waals surface area contributed by atoms with E-state index in [1.807, 2.05) is 4.90 Å². The van der Waals surface area contributed by atoms with E-state index in [0.29, 0.717) is 25.0 Å². The molecule has 1 amide bonds. The van der Waals surface area contributed by atoms with Crippen molar-refractivity contribution in [1.29, 1.82) is 0 Å². The van der Waals surface area contributed by atoms with E-state index in [1.165, 1.54) is 0 Å². The van der Waals surface area contributed by atoms with Crippen LogP contribution in [0.4, 0.5) is 0 Å². The first kappa shape index (κ1) is 14.1. The largest absolute Gasteiger partial charge is 0.368 e. The van der Waals surface area contributed by atoms with Crippen LogP contribution in [0.3, 0.4) is 0 Å². The Labute approximate surface area is 116 Å². The summed E-state index contributed by atoms with van der Waals surface area (Å²) in [5.74, 6) is 3.47. The number of terminal acetylenes is 1. The SMILES string of the molecule is C#CCOCC1CCCN(C(=O)C2CC=CCC2)C1. The van der Waals surface area contributed by atoms with Crippen molar-refractivity contribution in [3.63, 3.8) is 0 Å². The molecule has 1 heterocycles. The van der Waals surface area contributed by atoms with Gasteiger partial charge in [-0.25, -0.2) is 0 Å². The van der Waals surface area contributed by atoms with Crippen LogP contribution >= 0.6 is 0 Å². The van der Waals surface area contributed by atoms with Gasteiger partial charge in [0.15, 0.2) is 0 Å². The number of nitrogens with zero attached hydrogens (tertiary/aromatic N) is 1. The maximum Gasteiger partial charge on any atom is 0.226 e. The fourth-order valence-electron chi connectivity index (χ4n) is 2.96. The smallest absolute Gasteiger partial charge is 0.226 e. The summed E-state index contributed by atoms with van der Waals surface area (Å²) in [5.41, 5.74) is 0. The van der Waals surface area contributed by atoms with Gasteiger partial charge in [0.2, 0.25) is 5.91 Å². The lowest BCUT2D eigenvalue weighted by Gasteiger charge is -2.35. The summed E-state index contributed by atoms with van der Waals surface area (Å²) >= 11 is 0. The van der Waals surface area contributed by atoms with Gasteiger partial charge in [0, 0.05) is 19.0 Å². The number of hydrogen-bond acceptors (Lipinski definition) is 2. The Morgan fingerprint density at radius 2 is 2.32 bits per heavy atom. The van der Waals surface area contributed by atoms with Crippen LogP contribution in [0.25, 0.3) is 0 Å². The van der Waals surface area contributed by atoms with Crippen LogP contribution in [-0.2, 0) is 9.53 Å². The van der Waals surface area contributed by atoms with Gasteiger partial charge in [0.25, 0.3) is 0 Å². The fraction of sp³-hybridized carbons (Fsp3) is 0.688. The quantitative estimate of drug-likeness (QED) is 0.441. The maximum atomic E-state index is 12.4. The molecule has 1 fully saturated rings. The van der Waals surface area contributed by atoms with Crippen molar-refractivity contribution in [2.45, 2.75) is 32.1 Å². The molecule has 3 heteroatoms. The summed E-state index contributed by atoms with van der Waals surface area (Å²) in [7, 11) is 0. The number of hydrogen-bond donors (Lipinski definition) is 0. The molecule has 2 aliphatic rings. The number of carbonyl (C=O) groups is 1. The lowest BCUT2D eigenvalue weighted by atomic mass is 9.91. The Bertz CT molecular complexity index is 369. The Morgan fingerprint density at radius 3 is 3.05 bits per heavy atom. The Hall–Kier alpha value is -1.27. The highest BCUT2D eigenvalue weighted by Crippen LogP contribution is 2.24. The summed E-state index contributed by atoms with van der Waals surface area (Å²) in [4.78, 5) is 14.5. The Balaban J connectivity index is 1.81. The van der Waals surface area contributed by atoms with Gasteiger partial charge in [-0.05, 0) is 38.0 Å². The van der Waals surface area contributed by atoms with Gasteiger partial charge >= 0.3 is 0 Å². The van der Waals surface area contributed by atoms with E-state index < -0.39 is 0 Å². The molecule has 0 aromatic carbocycles. The second-order valence-corrected chi connectivity index (χ2v) is 5.49. The van der Waals surface area contributed by atoms with Gasteiger partial charge < -0.3 is 9.64 Å². The van der Waals surface area contributed by atoms with Crippen molar-refractivity contribution in [2.24, 2.45) is 11.8 Å². The third kappa shape index (κ3) is 4.11. The van der Waals surface area contributed by atoms with Crippen LogP contribution < -0.4 is 0 Å². The number of piperidine rings is 1. The van der Waals surface area contributed by atoms with Crippen molar-refractivity contribution in [1.82, 2.24) is 4.90 Å². The highest BCUT2D eigenvalue weighted by molar-refractivity contribution is 5.79. The third-order valence-electron chi connectivity index (χ3n) is 3.99. The van der Waals surface area contributed by atoms with Crippen LogP contribution in [0.1, 0.15) is 32.1 Å². The molecule has 0 aromatic rings. The van der Waals surface area contributed by atoms with Gasteiger partial charge in [0.05, 0.1) is 6.61 Å². The van der Waals surface area contributed by atoms with E-state index >= 15 is 0 Å². The molecule has 0 saturated carbocycles. The maximum absolute atomic E-state index is 12.4. The molecule has 3 nitrogen and oxygen atoms in total. The zero-order valence-electron chi connectivity index (χ0n) is 11.5. The number of likely N-dealkylation sites (tertiary alicyclic amines) is 1. The Kier molecular flexibility index (Phi) is 5.47. The third-order valence-corrected chi connectivity index (χ3v) is 3.99. The predicted octanol–water partition coefficient (Wildman–Crippen LogP) is 2.23. The number of amides is 1. The normalized spacial score (nSPS) is 27.0. The van der Waals surface area contributed by atoms with Crippen molar-refractivity contribution in [2.75, 3.05) is 26.3 Å². The van der Waals surface area contributed by atoms with Gasteiger partial charge in [0.1, 0.15) is 6.61 Å². The van der Waals surface area contributed by atoms with Crippen molar-refractivity contribution >= 4 is 5.91 Å². The zero-order valence-corrected chi connectivity index (χ0v) is 11.5. The fourth-order valence-corrected chi connectivity index (χ4v) is 2.96. The average Bonchev–Trinajstić information content (AvgIpc) is 2.48. The minimum Gasteiger partial charge on any atom is -0.368 e. The molecular formula is C16H23NO2. The summed E-state index contributed by atoms with van der Waals surface area (Å²) in [6, 6.07) is 0. The molecular weight excluding hydrogens is 238 g/mol. The second kappa shape index (κ2) is 7.35. The molecule has 1 aliphatic heterocycles. The number of rotatable bonds is 4. The zero-order chi connectivity index (χ0) is 13.5. The van der Waals surface area contributed by atoms with Gasteiger partial charge in [-0.15, -0.1) is 6.42 Å². The van der Waals surface area contributed by atoms with Crippen LogP contribution in [0.5, 0.6) is 0 Å². The van der Waals surface area contributed by atoms with Gasteiger partial charge in [-0.3, -0.25) is 4.79 Å². The molecule has 2 rings (SSSR count). The molecule has 2 unspecified atom stereocenters. The van der Waals surface area contributed by atoms with Crippen LogP contribution in [0, 0.1) is 24.2 Å². The van der Waals surface area contributed by atoms with Crippen molar-refractivity contribution < 1.29 is 9.53 Å². The average molecular weight is 261 g/mol. The molecule has 0 radical (unpaired) electrons. The monoisotopic (exact) mass is 261 g/mol. The molecule has 19 heavy (non-hydrogen) atoms. The molecule has 0 bridgehead atoms. The van der Waals surface area contributed by atoms with E-state index in [9.17, 15) is 4.79 Å². The number of ether oxygens (including phenoxy) is 1. The van der Waals surface area contributed by atoms with Crippen LogP contribution in [0.15, 0.2) is 12.2 Å². The highest BCUT2D eigenvalue weighted by atomic mass is 16.5. The molecule has 1 aliphatic carbocycles. The highest BCUT2D eigenvalue weighted by Gasteiger charge is 2.28. The van der Waals surface area contributed by atoms with Crippen molar-refractivity contribution in [3.05, 3.63) is 12.2 Å². The molecule has 0 N–H and O–H groups in total. The van der Waals surface area contributed by atoms with Crippen LogP contribution in [0.2, 0.25) is 0 Å². The molecule has 1 saturated heterocycles. The van der Waals surface area contributed by atoms with Crippen LogP contribution in [-0.4, -0.2) is 37.1 Å². The van der Waals surface area contributed by atoms with E-state index in [1.54, 1.807) is 0 Å². The van der Waals surface area contributed by atoms with Gasteiger partial charge in [-0.2, -0.15) is 0 Å². The summed E-state index contributed by atoms with van der Waals surface area (Å²) in [6.45, 7) is 2.80. The topological polar surface area (TPSA) is 29.5 Å². The first-order valence-electron chi connectivity index (χ1n) is 7.26. The molecule has 0 aromatic heterocycles. The van der Waals surface area contributed by atoms with E-state index in [4.69, 9.17) is 11.2 Å².